The molecule has 226 valence electrons. The van der Waals surface area contributed by atoms with Crippen LogP contribution < -0.4 is 20.7 Å². The van der Waals surface area contributed by atoms with Crippen LogP contribution in [0.1, 0.15) is 31.9 Å². The first kappa shape index (κ1) is 35.5. The Balaban J connectivity index is 0.000000226. The minimum Gasteiger partial charge on any atom is -0.184 e. The Kier molecular flexibility index (Phi) is 11.4. The predicted octanol–water partition coefficient (Wildman–Crippen LogP) is 9.42. The summed E-state index contributed by atoms with van der Waals surface area (Å²) in [5.74, 6) is 0. The molecule has 0 atom stereocenters. The third-order valence-corrected chi connectivity index (χ3v) is 13.7. The molecule has 0 aliphatic carbocycles. The Bertz CT molecular complexity index is 1680. The number of hydrogen-bond acceptors (Lipinski definition) is 0. The monoisotopic (exact) mass is 744 g/mol. The Morgan fingerprint density at radius 2 is 1.36 bits per heavy atom. The SMILES string of the molecule is Cc1ccc2[cH-]c(C(C)(C)C)cc2c1-c1cc([Si](C)(C)C)cc([Si](C)(C)C)c1.[Cl][Zr+2][Cl].[c-]1cccc2c1[Si]c1ccccc1-2. The van der Waals surface area contributed by atoms with Crippen LogP contribution >= 0.6 is 17.0 Å². The van der Waals surface area contributed by atoms with Gasteiger partial charge in [0.25, 0.3) is 0 Å². The van der Waals surface area contributed by atoms with Crippen LogP contribution in [0, 0.1) is 13.0 Å². The van der Waals surface area contributed by atoms with Gasteiger partial charge in [-0.1, -0.05) is 135 Å². The van der Waals surface area contributed by atoms with Gasteiger partial charge in [0.05, 0.1) is 25.7 Å². The van der Waals surface area contributed by atoms with Crippen molar-refractivity contribution in [2.24, 2.45) is 0 Å². The van der Waals surface area contributed by atoms with E-state index in [0.717, 1.165) is 9.52 Å². The first-order valence-corrected chi connectivity index (χ1v) is 29.6. The first-order valence-electron chi connectivity index (χ1n) is 15.2. The number of rotatable bonds is 3. The molecule has 1 aliphatic heterocycles. The number of fused-ring (bicyclic) bond motifs is 4. The molecule has 6 heteroatoms. The molecular formula is C38H44Cl2Si3Zr. The Labute approximate surface area is 289 Å². The molecule has 0 saturated heterocycles. The van der Waals surface area contributed by atoms with Crippen LogP contribution in [0.2, 0.25) is 39.3 Å². The van der Waals surface area contributed by atoms with Crippen LogP contribution in [-0.2, 0) is 26.3 Å². The normalized spacial score (nSPS) is 12.4. The molecule has 0 saturated carbocycles. The van der Waals surface area contributed by atoms with E-state index in [9.17, 15) is 0 Å². The van der Waals surface area contributed by atoms with Gasteiger partial charge in [-0.3, -0.25) is 0 Å². The molecule has 1 heterocycles. The van der Waals surface area contributed by atoms with Gasteiger partial charge < -0.3 is 0 Å². The topological polar surface area (TPSA) is 0 Å². The summed E-state index contributed by atoms with van der Waals surface area (Å²) in [7, 11) is 7.87. The fourth-order valence-electron chi connectivity index (χ4n) is 5.57. The molecule has 0 fully saturated rings. The third kappa shape index (κ3) is 8.30. The summed E-state index contributed by atoms with van der Waals surface area (Å²) in [6, 6.07) is 35.1. The molecule has 0 spiro atoms. The average Bonchev–Trinajstić information content (AvgIpc) is 3.55. The van der Waals surface area contributed by atoms with E-state index in [1.165, 1.54) is 54.5 Å². The molecule has 44 heavy (non-hydrogen) atoms. The smallest absolute Gasteiger partial charge is 0.0920 e. The third-order valence-electron chi connectivity index (χ3n) is 8.25. The molecule has 1 aliphatic rings. The molecule has 5 aromatic carbocycles. The first-order chi connectivity index (χ1) is 20.5. The molecule has 6 rings (SSSR count). The summed E-state index contributed by atoms with van der Waals surface area (Å²) in [6.45, 7) is 24.0. The maximum atomic E-state index is 4.93. The van der Waals surface area contributed by atoms with Crippen molar-refractivity contribution in [1.82, 2.24) is 0 Å². The Morgan fingerprint density at radius 1 is 0.773 bits per heavy atom. The molecule has 0 amide bonds. The van der Waals surface area contributed by atoms with Gasteiger partial charge in [-0.2, -0.15) is 35.5 Å². The number of halogens is 2. The van der Waals surface area contributed by atoms with Gasteiger partial charge in [0.2, 0.25) is 0 Å². The van der Waals surface area contributed by atoms with Gasteiger partial charge in [-0.25, -0.2) is 0 Å². The number of hydrogen-bond donors (Lipinski definition) is 0. The van der Waals surface area contributed by atoms with Gasteiger partial charge in [-0.15, -0.1) is 40.1 Å². The van der Waals surface area contributed by atoms with Crippen molar-refractivity contribution < 1.29 is 20.8 Å². The van der Waals surface area contributed by atoms with Gasteiger partial charge in [0.1, 0.15) is 0 Å². The van der Waals surface area contributed by atoms with Crippen molar-refractivity contribution in [2.45, 2.75) is 72.4 Å². The quantitative estimate of drug-likeness (QED) is 0.125. The van der Waals surface area contributed by atoms with Crippen LogP contribution in [-0.4, -0.2) is 25.7 Å². The molecule has 0 nitrogen and oxygen atoms in total. The second-order valence-corrected chi connectivity index (χ2v) is 29.9. The van der Waals surface area contributed by atoms with E-state index >= 15 is 0 Å². The van der Waals surface area contributed by atoms with Gasteiger partial charge in [-0.05, 0) is 17.9 Å². The van der Waals surface area contributed by atoms with Crippen molar-refractivity contribution >= 4 is 74.2 Å². The van der Waals surface area contributed by atoms with Gasteiger partial charge >= 0.3 is 37.9 Å². The second kappa shape index (κ2) is 14.2. The maximum absolute atomic E-state index is 4.93. The van der Waals surface area contributed by atoms with Crippen molar-refractivity contribution in [3.05, 3.63) is 102 Å². The van der Waals surface area contributed by atoms with Crippen molar-refractivity contribution in [3.8, 4) is 22.3 Å². The van der Waals surface area contributed by atoms with Crippen molar-refractivity contribution in [3.63, 3.8) is 0 Å². The van der Waals surface area contributed by atoms with E-state index < -0.39 is 37.0 Å². The van der Waals surface area contributed by atoms with Crippen LogP contribution in [0.15, 0.2) is 84.9 Å². The van der Waals surface area contributed by atoms with E-state index in [1.807, 2.05) is 6.07 Å². The summed E-state index contributed by atoms with van der Waals surface area (Å²) >= 11 is -0.826. The molecular weight excluding hydrogens is 703 g/mol. The fourth-order valence-corrected chi connectivity index (χ4v) is 9.38. The maximum Gasteiger partial charge on any atom is 0.0920 e. The zero-order valence-electron chi connectivity index (χ0n) is 27.8. The second-order valence-electron chi connectivity index (χ2n) is 14.8. The minimum absolute atomic E-state index is 0.174. The largest absolute Gasteiger partial charge is 0.184 e. The minimum atomic E-state index is -1.40. The molecule has 0 N–H and O–H groups in total. The standard InChI is InChI=1S/C26H37Si2.C12H7Si.2ClH.Zr/c1-18-11-12-19-13-21(26(2,3)4)16-24(19)25(18)20-14-22(27(5,6)7)17-23(15-20)28(8,9)10;1-3-7-11-9(5-1)10-6-2-4-8-12(10)13-11;;;/h11-17H,1-10H3;1-7H;2*1H;/q2*-1;;;+4/p-2. The van der Waals surface area contributed by atoms with E-state index in [-0.39, 0.29) is 5.41 Å². The summed E-state index contributed by atoms with van der Waals surface area (Å²) in [6.07, 6.45) is 0. The molecule has 2 radical (unpaired) electrons. The summed E-state index contributed by atoms with van der Waals surface area (Å²) in [5, 5.41) is 8.78. The van der Waals surface area contributed by atoms with Crippen LogP contribution in [0.25, 0.3) is 33.0 Å². The van der Waals surface area contributed by atoms with Crippen molar-refractivity contribution in [2.75, 3.05) is 0 Å². The number of benzene rings is 4. The fraction of sp³-hybridized carbons (Fsp3) is 0.289. The van der Waals surface area contributed by atoms with Crippen molar-refractivity contribution in [1.29, 1.82) is 0 Å². The van der Waals surface area contributed by atoms with Crippen LogP contribution in [0.5, 0.6) is 0 Å². The summed E-state index contributed by atoms with van der Waals surface area (Å²) in [4.78, 5) is 0. The molecule has 5 aromatic rings. The zero-order chi connectivity index (χ0) is 32.4. The zero-order valence-corrected chi connectivity index (χ0v) is 34.8. The van der Waals surface area contributed by atoms with E-state index in [2.05, 4.69) is 152 Å². The van der Waals surface area contributed by atoms with E-state index in [4.69, 9.17) is 17.0 Å². The molecule has 0 bridgehead atoms. The predicted molar refractivity (Wildman–Crippen MR) is 202 cm³/mol. The summed E-state index contributed by atoms with van der Waals surface area (Å²) < 4.78 is 0. The van der Waals surface area contributed by atoms with Gasteiger partial charge in [0, 0.05) is 0 Å². The molecule has 0 unspecified atom stereocenters. The molecule has 0 aromatic heterocycles. The van der Waals surface area contributed by atoms with Gasteiger partial charge in [0.15, 0.2) is 0 Å². The Morgan fingerprint density at radius 3 is 1.95 bits per heavy atom. The average molecular weight is 747 g/mol. The Hall–Kier alpha value is -1.40. The van der Waals surface area contributed by atoms with Crippen LogP contribution in [0.3, 0.4) is 0 Å². The number of aryl methyl sites for hydroxylation is 1. The summed E-state index contributed by atoms with van der Waals surface area (Å²) in [5.41, 5.74) is 8.62. The van der Waals surface area contributed by atoms with Crippen LogP contribution in [0.4, 0.5) is 0 Å². The van der Waals surface area contributed by atoms with E-state index in [0.29, 0.717) is 0 Å². The van der Waals surface area contributed by atoms with E-state index in [1.54, 1.807) is 10.4 Å².